The molecule has 0 bridgehead atoms. The molecule has 1 fully saturated rings. The zero-order valence-corrected chi connectivity index (χ0v) is 10.3. The van der Waals surface area contributed by atoms with E-state index in [0.29, 0.717) is 6.42 Å². The van der Waals surface area contributed by atoms with Crippen molar-refractivity contribution in [2.24, 2.45) is 5.73 Å². The Labute approximate surface area is 104 Å². The lowest BCUT2D eigenvalue weighted by Gasteiger charge is -2.06. The molecule has 2 heterocycles. The van der Waals surface area contributed by atoms with Crippen molar-refractivity contribution in [2.75, 3.05) is 0 Å². The molecule has 18 heavy (non-hydrogen) atoms. The highest BCUT2D eigenvalue weighted by molar-refractivity contribution is 5.85. The number of carboxylic acids is 1. The van der Waals surface area contributed by atoms with Gasteiger partial charge in [-0.25, -0.2) is 4.98 Å². The number of hydrogen-bond acceptors (Lipinski definition) is 3. The first kappa shape index (κ1) is 11.2. The maximum absolute atomic E-state index is 11.1. The average Bonchev–Trinajstić information content (AvgIpc) is 2.85. The summed E-state index contributed by atoms with van der Waals surface area (Å²) in [5.74, 6) is -1.08. The van der Waals surface area contributed by atoms with Gasteiger partial charge in [-0.1, -0.05) is 6.07 Å². The molecule has 0 radical (unpaired) electrons. The van der Waals surface area contributed by atoms with Crippen LogP contribution in [-0.4, -0.2) is 26.0 Å². The third kappa shape index (κ3) is 1.31. The smallest absolute Gasteiger partial charge is 0.324 e. The van der Waals surface area contributed by atoms with Crippen LogP contribution in [-0.2, 0) is 4.79 Å². The number of rotatable bonds is 2. The molecule has 2 unspecified atom stereocenters. The minimum Gasteiger partial charge on any atom is -0.480 e. The molecule has 2 aromatic heterocycles. The van der Waals surface area contributed by atoms with E-state index in [9.17, 15) is 4.79 Å². The Balaban J connectivity index is 2.17. The Bertz CT molecular complexity index is 662. The summed E-state index contributed by atoms with van der Waals surface area (Å²) in [6.45, 7) is 3.90. The number of fused-ring (bicyclic) bond motifs is 1. The van der Waals surface area contributed by atoms with Gasteiger partial charge in [0.15, 0.2) is 0 Å². The molecule has 1 aliphatic carbocycles. The lowest BCUT2D eigenvalue weighted by atomic mass is 10.1. The molecule has 2 atom stereocenters. The van der Waals surface area contributed by atoms with Gasteiger partial charge in [0.25, 0.3) is 0 Å². The van der Waals surface area contributed by atoms with Crippen LogP contribution in [0.4, 0.5) is 0 Å². The minimum atomic E-state index is -1.12. The molecule has 94 valence electrons. The molecule has 3 N–H and O–H groups in total. The van der Waals surface area contributed by atoms with Crippen LogP contribution in [0.2, 0.25) is 0 Å². The van der Waals surface area contributed by atoms with Gasteiger partial charge in [0.2, 0.25) is 0 Å². The molecule has 0 saturated heterocycles. The van der Waals surface area contributed by atoms with Crippen LogP contribution in [0.25, 0.3) is 5.65 Å². The third-order valence-corrected chi connectivity index (χ3v) is 3.80. The quantitative estimate of drug-likeness (QED) is 0.833. The Morgan fingerprint density at radius 2 is 2.33 bits per heavy atom. The predicted molar refractivity (Wildman–Crippen MR) is 66.6 cm³/mol. The Morgan fingerprint density at radius 3 is 2.94 bits per heavy atom. The van der Waals surface area contributed by atoms with Crippen molar-refractivity contribution in [3.05, 3.63) is 35.3 Å². The van der Waals surface area contributed by atoms with Crippen molar-refractivity contribution < 1.29 is 9.90 Å². The van der Waals surface area contributed by atoms with Gasteiger partial charge in [0, 0.05) is 12.1 Å². The molecule has 0 amide bonds. The first-order valence-corrected chi connectivity index (χ1v) is 5.91. The van der Waals surface area contributed by atoms with Crippen LogP contribution >= 0.6 is 0 Å². The lowest BCUT2D eigenvalue weighted by Crippen LogP contribution is -2.34. The highest BCUT2D eigenvalue weighted by atomic mass is 16.4. The van der Waals surface area contributed by atoms with Crippen molar-refractivity contribution in [3.63, 3.8) is 0 Å². The monoisotopic (exact) mass is 245 g/mol. The van der Waals surface area contributed by atoms with Crippen molar-refractivity contribution in [1.82, 2.24) is 9.38 Å². The number of pyridine rings is 1. The van der Waals surface area contributed by atoms with Gasteiger partial charge in [0.05, 0.1) is 11.4 Å². The van der Waals surface area contributed by atoms with Crippen molar-refractivity contribution >= 4 is 11.6 Å². The summed E-state index contributed by atoms with van der Waals surface area (Å²) in [4.78, 5) is 15.7. The number of aryl methyl sites for hydroxylation is 2. The highest BCUT2D eigenvalue weighted by Crippen LogP contribution is 2.50. The van der Waals surface area contributed by atoms with E-state index in [1.165, 1.54) is 0 Å². The van der Waals surface area contributed by atoms with E-state index < -0.39 is 11.5 Å². The SMILES string of the molecule is Cc1nc2c(C)cccn2c1C1CC1(N)C(=O)O. The molecule has 0 spiro atoms. The van der Waals surface area contributed by atoms with Gasteiger partial charge < -0.3 is 15.2 Å². The fraction of sp³-hybridized carbons (Fsp3) is 0.385. The second-order valence-corrected chi connectivity index (χ2v) is 5.07. The maximum Gasteiger partial charge on any atom is 0.324 e. The summed E-state index contributed by atoms with van der Waals surface area (Å²) in [6.07, 6.45) is 2.39. The average molecular weight is 245 g/mol. The van der Waals surface area contributed by atoms with E-state index in [1.807, 2.05) is 36.6 Å². The van der Waals surface area contributed by atoms with Gasteiger partial charge in [-0.15, -0.1) is 0 Å². The second kappa shape index (κ2) is 3.32. The van der Waals surface area contributed by atoms with E-state index in [-0.39, 0.29) is 5.92 Å². The van der Waals surface area contributed by atoms with Crippen LogP contribution in [0, 0.1) is 13.8 Å². The topological polar surface area (TPSA) is 80.6 Å². The summed E-state index contributed by atoms with van der Waals surface area (Å²) in [5, 5.41) is 9.14. The van der Waals surface area contributed by atoms with Gasteiger partial charge in [-0.05, 0) is 31.9 Å². The minimum absolute atomic E-state index is 0.146. The van der Waals surface area contributed by atoms with E-state index in [4.69, 9.17) is 10.8 Å². The van der Waals surface area contributed by atoms with E-state index in [1.54, 1.807) is 0 Å². The lowest BCUT2D eigenvalue weighted by molar-refractivity contribution is -0.139. The van der Waals surface area contributed by atoms with Crippen LogP contribution in [0.3, 0.4) is 0 Å². The highest BCUT2D eigenvalue weighted by Gasteiger charge is 2.60. The summed E-state index contributed by atoms with van der Waals surface area (Å²) in [7, 11) is 0. The Kier molecular flexibility index (Phi) is 2.07. The first-order chi connectivity index (χ1) is 8.45. The van der Waals surface area contributed by atoms with E-state index in [0.717, 1.165) is 22.6 Å². The predicted octanol–water partition coefficient (Wildman–Crippen LogP) is 1.22. The summed E-state index contributed by atoms with van der Waals surface area (Å²) >= 11 is 0. The van der Waals surface area contributed by atoms with Crippen LogP contribution in [0.1, 0.15) is 29.3 Å². The number of aliphatic carboxylic acids is 1. The van der Waals surface area contributed by atoms with Crippen LogP contribution in [0.15, 0.2) is 18.3 Å². The fourth-order valence-electron chi connectivity index (χ4n) is 2.61. The molecule has 5 nitrogen and oxygen atoms in total. The van der Waals surface area contributed by atoms with Crippen LogP contribution < -0.4 is 5.73 Å². The van der Waals surface area contributed by atoms with Gasteiger partial charge in [-0.3, -0.25) is 4.79 Å². The molecule has 0 aliphatic heterocycles. The molecular formula is C13H15N3O2. The number of imidazole rings is 1. The van der Waals surface area contributed by atoms with Gasteiger partial charge in [0.1, 0.15) is 11.2 Å². The summed E-state index contributed by atoms with van der Waals surface area (Å²) < 4.78 is 1.97. The summed E-state index contributed by atoms with van der Waals surface area (Å²) in [6, 6.07) is 3.93. The molecule has 1 saturated carbocycles. The molecule has 2 aromatic rings. The van der Waals surface area contributed by atoms with Crippen molar-refractivity contribution in [2.45, 2.75) is 31.7 Å². The number of nitrogens with two attached hydrogens (primary N) is 1. The normalized spacial score (nSPS) is 26.5. The van der Waals surface area contributed by atoms with Crippen LogP contribution in [0.5, 0.6) is 0 Å². The Morgan fingerprint density at radius 1 is 1.61 bits per heavy atom. The van der Waals surface area contributed by atoms with Crippen molar-refractivity contribution in [1.29, 1.82) is 0 Å². The van der Waals surface area contributed by atoms with Gasteiger partial charge >= 0.3 is 5.97 Å². The number of aromatic nitrogens is 2. The number of nitrogens with zero attached hydrogens (tertiary/aromatic N) is 2. The maximum atomic E-state index is 11.1. The van der Waals surface area contributed by atoms with Crippen molar-refractivity contribution in [3.8, 4) is 0 Å². The molecule has 0 aromatic carbocycles. The standard InChI is InChI=1S/C13H15N3O2/c1-7-4-3-5-16-10(8(2)15-11(7)16)9-6-13(9,14)12(17)18/h3-5,9H,6,14H2,1-2H3,(H,17,18). The molecule has 1 aliphatic rings. The zero-order valence-electron chi connectivity index (χ0n) is 10.3. The number of hydrogen-bond donors (Lipinski definition) is 2. The van der Waals surface area contributed by atoms with Gasteiger partial charge in [-0.2, -0.15) is 0 Å². The molecular weight excluding hydrogens is 230 g/mol. The fourth-order valence-corrected chi connectivity index (χ4v) is 2.61. The van der Waals surface area contributed by atoms with E-state index >= 15 is 0 Å². The molecule has 5 heteroatoms. The molecule has 3 rings (SSSR count). The summed E-state index contributed by atoms with van der Waals surface area (Å²) in [5.41, 5.74) is 8.51. The largest absolute Gasteiger partial charge is 0.480 e. The number of carboxylic acid groups (broad SMARTS) is 1. The van der Waals surface area contributed by atoms with E-state index in [2.05, 4.69) is 4.98 Å². The Hall–Kier alpha value is -1.88. The third-order valence-electron chi connectivity index (χ3n) is 3.80. The second-order valence-electron chi connectivity index (χ2n) is 5.07. The zero-order chi connectivity index (χ0) is 13.1. The first-order valence-electron chi connectivity index (χ1n) is 5.91. The number of carbonyl (C=O) groups is 1.